The Kier molecular flexibility index (Phi) is 4.50. The lowest BCUT2D eigenvalue weighted by atomic mass is 9.73. The molecule has 114 valence electrons. The maximum atomic E-state index is 12.3. The first-order valence-corrected chi connectivity index (χ1v) is 7.15. The molecule has 0 saturated heterocycles. The first-order chi connectivity index (χ1) is 9.96. The molecule has 2 N–H and O–H groups in total. The highest BCUT2D eigenvalue weighted by atomic mass is 16.5. The van der Waals surface area contributed by atoms with Crippen LogP contribution in [0.3, 0.4) is 0 Å². The zero-order valence-corrected chi connectivity index (χ0v) is 12.4. The van der Waals surface area contributed by atoms with E-state index in [0.717, 1.165) is 12.8 Å². The number of ether oxygens (including phenoxy) is 1. The van der Waals surface area contributed by atoms with Gasteiger partial charge in [-0.05, 0) is 44.0 Å². The summed E-state index contributed by atoms with van der Waals surface area (Å²) in [6.45, 7) is 1.83. The average molecular weight is 291 g/mol. The fourth-order valence-corrected chi connectivity index (χ4v) is 2.95. The van der Waals surface area contributed by atoms with Crippen LogP contribution in [-0.4, -0.2) is 29.6 Å². The van der Waals surface area contributed by atoms with E-state index in [0.29, 0.717) is 24.2 Å². The lowest BCUT2D eigenvalue weighted by Gasteiger charge is -2.39. The van der Waals surface area contributed by atoms with Crippen LogP contribution in [0.25, 0.3) is 0 Å². The van der Waals surface area contributed by atoms with Crippen molar-refractivity contribution >= 4 is 11.9 Å². The highest BCUT2D eigenvalue weighted by molar-refractivity contribution is 5.95. The summed E-state index contributed by atoms with van der Waals surface area (Å²) in [5, 5.41) is 12.3. The van der Waals surface area contributed by atoms with Crippen LogP contribution in [0.5, 0.6) is 5.75 Å². The molecule has 1 amide bonds. The Morgan fingerprint density at radius 3 is 2.52 bits per heavy atom. The third-order valence-corrected chi connectivity index (χ3v) is 4.26. The lowest BCUT2D eigenvalue weighted by molar-refractivity contribution is -0.145. The van der Waals surface area contributed by atoms with Gasteiger partial charge in [-0.1, -0.05) is 12.8 Å². The van der Waals surface area contributed by atoms with E-state index in [2.05, 4.69) is 5.32 Å². The molecule has 1 aromatic carbocycles. The SMILES string of the molecule is COc1ccc(C(=O)NC2(C)CCCCC2C(=O)O)cc1. The molecule has 0 aromatic heterocycles. The van der Waals surface area contributed by atoms with Crippen molar-refractivity contribution in [1.82, 2.24) is 5.32 Å². The van der Waals surface area contributed by atoms with E-state index in [1.165, 1.54) is 0 Å². The van der Waals surface area contributed by atoms with Crippen LogP contribution >= 0.6 is 0 Å². The minimum absolute atomic E-state index is 0.242. The molecule has 1 saturated carbocycles. The smallest absolute Gasteiger partial charge is 0.308 e. The van der Waals surface area contributed by atoms with E-state index in [-0.39, 0.29) is 5.91 Å². The molecule has 21 heavy (non-hydrogen) atoms. The summed E-state index contributed by atoms with van der Waals surface area (Å²) < 4.78 is 5.06. The quantitative estimate of drug-likeness (QED) is 0.893. The molecule has 2 atom stereocenters. The molecule has 1 aliphatic carbocycles. The molecule has 0 radical (unpaired) electrons. The van der Waals surface area contributed by atoms with Crippen LogP contribution in [0.15, 0.2) is 24.3 Å². The third-order valence-electron chi connectivity index (χ3n) is 4.26. The summed E-state index contributed by atoms with van der Waals surface area (Å²) in [5.41, 5.74) is -0.187. The summed E-state index contributed by atoms with van der Waals surface area (Å²) in [6, 6.07) is 6.78. The fraction of sp³-hybridized carbons (Fsp3) is 0.500. The van der Waals surface area contributed by atoms with Crippen LogP contribution in [0, 0.1) is 5.92 Å². The van der Waals surface area contributed by atoms with Crippen molar-refractivity contribution < 1.29 is 19.4 Å². The molecule has 5 heteroatoms. The molecule has 2 rings (SSSR count). The summed E-state index contributed by atoms with van der Waals surface area (Å²) in [4.78, 5) is 23.7. The first-order valence-electron chi connectivity index (χ1n) is 7.15. The average Bonchev–Trinajstić information content (AvgIpc) is 2.47. The maximum absolute atomic E-state index is 12.3. The monoisotopic (exact) mass is 291 g/mol. The van der Waals surface area contributed by atoms with E-state index in [1.807, 2.05) is 6.92 Å². The molecule has 0 heterocycles. The lowest BCUT2D eigenvalue weighted by Crippen LogP contribution is -2.55. The number of carbonyl (C=O) groups is 2. The Morgan fingerprint density at radius 1 is 1.29 bits per heavy atom. The van der Waals surface area contributed by atoms with Crippen molar-refractivity contribution in [1.29, 1.82) is 0 Å². The molecule has 1 fully saturated rings. The minimum Gasteiger partial charge on any atom is -0.497 e. The van der Waals surface area contributed by atoms with Gasteiger partial charge in [0.25, 0.3) is 5.91 Å². The number of nitrogens with one attached hydrogen (secondary N) is 1. The number of benzene rings is 1. The molecule has 0 bridgehead atoms. The van der Waals surface area contributed by atoms with Crippen molar-refractivity contribution in [3.8, 4) is 5.75 Å². The third kappa shape index (κ3) is 3.35. The second kappa shape index (κ2) is 6.16. The van der Waals surface area contributed by atoms with Gasteiger partial charge in [0.2, 0.25) is 0 Å². The maximum Gasteiger partial charge on any atom is 0.308 e. The predicted octanol–water partition coefficient (Wildman–Crippen LogP) is 2.46. The van der Waals surface area contributed by atoms with Gasteiger partial charge in [-0.3, -0.25) is 9.59 Å². The first kappa shape index (κ1) is 15.4. The molecule has 1 aliphatic rings. The molecule has 0 aliphatic heterocycles. The van der Waals surface area contributed by atoms with Gasteiger partial charge < -0.3 is 15.2 Å². The number of hydrogen-bond donors (Lipinski definition) is 2. The summed E-state index contributed by atoms with van der Waals surface area (Å²) in [7, 11) is 1.57. The van der Waals surface area contributed by atoms with Crippen LogP contribution in [0.1, 0.15) is 43.0 Å². The standard InChI is InChI=1S/C16H21NO4/c1-16(10-4-3-5-13(16)15(19)20)17-14(18)11-6-8-12(21-2)9-7-11/h6-9,13H,3-5,10H2,1-2H3,(H,17,18)(H,19,20). The van der Waals surface area contributed by atoms with Gasteiger partial charge in [-0.2, -0.15) is 0 Å². The summed E-state index contributed by atoms with van der Waals surface area (Å²) >= 11 is 0. The van der Waals surface area contributed by atoms with Gasteiger partial charge in [-0.25, -0.2) is 0 Å². The largest absolute Gasteiger partial charge is 0.497 e. The molecular formula is C16H21NO4. The van der Waals surface area contributed by atoms with Crippen LogP contribution in [0.4, 0.5) is 0 Å². The van der Waals surface area contributed by atoms with Gasteiger partial charge in [0.15, 0.2) is 0 Å². The zero-order chi connectivity index (χ0) is 15.5. The minimum atomic E-state index is -0.841. The Labute approximate surface area is 124 Å². The van der Waals surface area contributed by atoms with Crippen molar-refractivity contribution in [3.05, 3.63) is 29.8 Å². The van der Waals surface area contributed by atoms with Crippen molar-refractivity contribution in [2.45, 2.75) is 38.1 Å². The highest BCUT2D eigenvalue weighted by Crippen LogP contribution is 2.34. The van der Waals surface area contributed by atoms with Gasteiger partial charge in [0, 0.05) is 5.56 Å². The number of aliphatic carboxylic acids is 1. The second-order valence-electron chi connectivity index (χ2n) is 5.74. The van der Waals surface area contributed by atoms with E-state index in [1.54, 1.807) is 31.4 Å². The van der Waals surface area contributed by atoms with Crippen LogP contribution < -0.4 is 10.1 Å². The van der Waals surface area contributed by atoms with Gasteiger partial charge >= 0.3 is 5.97 Å². The molecule has 0 spiro atoms. The van der Waals surface area contributed by atoms with Crippen molar-refractivity contribution in [2.75, 3.05) is 7.11 Å². The van der Waals surface area contributed by atoms with E-state index in [4.69, 9.17) is 4.74 Å². The second-order valence-corrected chi connectivity index (χ2v) is 5.74. The number of methoxy groups -OCH3 is 1. The van der Waals surface area contributed by atoms with E-state index >= 15 is 0 Å². The fourth-order valence-electron chi connectivity index (χ4n) is 2.95. The predicted molar refractivity (Wildman–Crippen MR) is 78.5 cm³/mol. The Morgan fingerprint density at radius 2 is 1.95 bits per heavy atom. The highest BCUT2D eigenvalue weighted by Gasteiger charge is 2.42. The summed E-state index contributed by atoms with van der Waals surface area (Å²) in [5.74, 6) is -0.937. The van der Waals surface area contributed by atoms with Crippen molar-refractivity contribution in [2.24, 2.45) is 5.92 Å². The molecule has 5 nitrogen and oxygen atoms in total. The van der Waals surface area contributed by atoms with Gasteiger partial charge in [-0.15, -0.1) is 0 Å². The normalized spacial score (nSPS) is 25.1. The number of amides is 1. The van der Waals surface area contributed by atoms with Crippen LogP contribution in [-0.2, 0) is 4.79 Å². The molecule has 2 unspecified atom stereocenters. The van der Waals surface area contributed by atoms with Gasteiger partial charge in [0.1, 0.15) is 5.75 Å². The van der Waals surface area contributed by atoms with Crippen molar-refractivity contribution in [3.63, 3.8) is 0 Å². The molecular weight excluding hydrogens is 270 g/mol. The zero-order valence-electron chi connectivity index (χ0n) is 12.4. The molecule has 1 aromatic rings. The van der Waals surface area contributed by atoms with Crippen LogP contribution in [0.2, 0.25) is 0 Å². The Balaban J connectivity index is 2.13. The van der Waals surface area contributed by atoms with E-state index in [9.17, 15) is 14.7 Å². The topological polar surface area (TPSA) is 75.6 Å². The Bertz CT molecular complexity index is 526. The Hall–Kier alpha value is -2.04. The number of carboxylic acids is 1. The van der Waals surface area contributed by atoms with Gasteiger partial charge in [0.05, 0.1) is 18.6 Å². The van der Waals surface area contributed by atoms with E-state index < -0.39 is 17.4 Å². The number of hydrogen-bond acceptors (Lipinski definition) is 3. The summed E-state index contributed by atoms with van der Waals surface area (Å²) in [6.07, 6.45) is 3.12. The number of carbonyl (C=O) groups excluding carboxylic acids is 1. The number of rotatable bonds is 4. The number of carboxylic acid groups (broad SMARTS) is 1.